The van der Waals surface area contributed by atoms with E-state index in [2.05, 4.69) is 68.3 Å². The molecule has 0 bridgehead atoms. The highest BCUT2D eigenvalue weighted by Crippen LogP contribution is 2.40. The number of hydrazone groups is 1. The van der Waals surface area contributed by atoms with Gasteiger partial charge in [0.25, 0.3) is 5.91 Å². The summed E-state index contributed by atoms with van der Waals surface area (Å²) in [5.41, 5.74) is 8.64. The van der Waals surface area contributed by atoms with Gasteiger partial charge in [-0.05, 0) is 82.2 Å². The molecule has 1 aliphatic heterocycles. The zero-order chi connectivity index (χ0) is 22.9. The third-order valence-corrected chi connectivity index (χ3v) is 5.82. The van der Waals surface area contributed by atoms with Gasteiger partial charge in [-0.1, -0.05) is 24.3 Å². The van der Waals surface area contributed by atoms with Gasteiger partial charge in [-0.3, -0.25) is 4.79 Å². The maximum atomic E-state index is 12.8. The molecule has 0 spiro atoms. The minimum Gasteiger partial charge on any atom is -0.360 e. The first-order chi connectivity index (χ1) is 15.3. The number of para-hydroxylation sites is 1. The molecule has 0 saturated heterocycles. The lowest BCUT2D eigenvalue weighted by atomic mass is 9.87. The van der Waals surface area contributed by atoms with Crippen LogP contribution in [0.3, 0.4) is 0 Å². The van der Waals surface area contributed by atoms with Crippen LogP contribution in [0.2, 0.25) is 0 Å². The summed E-state index contributed by atoms with van der Waals surface area (Å²) < 4.78 is 1.92. The SMILES string of the molecule is CC1=CC(C)(C)N(C(C)C)c2ccc(/C=N/NC(=O)c3ccccc3-n3cccc3)cc21. The Bertz CT molecular complexity index is 1190. The number of nitrogens with one attached hydrogen (secondary N) is 1. The molecule has 1 aromatic heterocycles. The lowest BCUT2D eigenvalue weighted by molar-refractivity contribution is 0.0955. The molecule has 164 valence electrons. The second-order valence-corrected chi connectivity index (χ2v) is 9.03. The van der Waals surface area contributed by atoms with E-state index < -0.39 is 0 Å². The third-order valence-electron chi connectivity index (χ3n) is 5.82. The van der Waals surface area contributed by atoms with Gasteiger partial charge in [0, 0.05) is 29.7 Å². The Morgan fingerprint density at radius 3 is 2.47 bits per heavy atom. The van der Waals surface area contributed by atoms with Gasteiger partial charge in [0.15, 0.2) is 0 Å². The Morgan fingerprint density at radius 1 is 1.03 bits per heavy atom. The number of carbonyl (C=O) groups is 1. The van der Waals surface area contributed by atoms with Gasteiger partial charge in [-0.25, -0.2) is 5.43 Å². The average Bonchev–Trinajstić information content (AvgIpc) is 3.28. The molecule has 1 N–H and O–H groups in total. The van der Waals surface area contributed by atoms with Gasteiger partial charge >= 0.3 is 0 Å². The van der Waals surface area contributed by atoms with Gasteiger partial charge in [0.1, 0.15) is 0 Å². The summed E-state index contributed by atoms with van der Waals surface area (Å²) in [7, 11) is 0. The van der Waals surface area contributed by atoms with Gasteiger partial charge in [0.05, 0.1) is 23.0 Å². The number of hydrogen-bond acceptors (Lipinski definition) is 3. The summed E-state index contributed by atoms with van der Waals surface area (Å²) in [4.78, 5) is 15.2. The van der Waals surface area contributed by atoms with Crippen molar-refractivity contribution in [3.05, 3.63) is 89.8 Å². The van der Waals surface area contributed by atoms with Crippen molar-refractivity contribution < 1.29 is 4.79 Å². The third kappa shape index (κ3) is 4.11. The molecular weight excluding hydrogens is 396 g/mol. The molecule has 0 unspecified atom stereocenters. The van der Waals surface area contributed by atoms with E-state index >= 15 is 0 Å². The molecule has 4 rings (SSSR count). The summed E-state index contributed by atoms with van der Waals surface area (Å²) in [6, 6.07) is 18.1. The van der Waals surface area contributed by atoms with Crippen molar-refractivity contribution in [3.8, 4) is 5.69 Å². The zero-order valence-corrected chi connectivity index (χ0v) is 19.3. The van der Waals surface area contributed by atoms with Crippen LogP contribution in [0, 0.1) is 0 Å². The fourth-order valence-corrected chi connectivity index (χ4v) is 4.70. The molecule has 32 heavy (non-hydrogen) atoms. The first-order valence-electron chi connectivity index (χ1n) is 11.0. The number of allylic oxidation sites excluding steroid dienone is 1. The molecule has 2 heterocycles. The highest BCUT2D eigenvalue weighted by atomic mass is 16.2. The molecule has 1 amide bonds. The predicted molar refractivity (Wildman–Crippen MR) is 133 cm³/mol. The van der Waals surface area contributed by atoms with Crippen molar-refractivity contribution in [3.63, 3.8) is 0 Å². The molecule has 0 radical (unpaired) electrons. The van der Waals surface area contributed by atoms with Crippen LogP contribution >= 0.6 is 0 Å². The van der Waals surface area contributed by atoms with Crippen LogP contribution in [0.25, 0.3) is 11.3 Å². The summed E-state index contributed by atoms with van der Waals surface area (Å²) in [6.45, 7) is 11.1. The topological polar surface area (TPSA) is 49.6 Å². The molecule has 3 aromatic rings. The minimum atomic E-state index is -0.243. The fraction of sp³-hybridized carbons (Fsp3) is 0.259. The number of fused-ring (bicyclic) bond motifs is 1. The summed E-state index contributed by atoms with van der Waals surface area (Å²) in [5, 5.41) is 4.23. The van der Waals surface area contributed by atoms with Crippen LogP contribution in [-0.2, 0) is 0 Å². The number of nitrogens with zero attached hydrogens (tertiary/aromatic N) is 3. The molecule has 2 aromatic carbocycles. The Labute approximate surface area is 190 Å². The van der Waals surface area contributed by atoms with Crippen molar-refractivity contribution in [1.82, 2.24) is 9.99 Å². The zero-order valence-electron chi connectivity index (χ0n) is 19.3. The summed E-state index contributed by atoms with van der Waals surface area (Å²) in [5.74, 6) is -0.243. The monoisotopic (exact) mass is 426 g/mol. The molecule has 0 aliphatic carbocycles. The van der Waals surface area contributed by atoms with E-state index in [9.17, 15) is 4.79 Å². The smallest absolute Gasteiger partial charge is 0.273 e. The van der Waals surface area contributed by atoms with Crippen LogP contribution in [0.1, 0.15) is 56.1 Å². The summed E-state index contributed by atoms with van der Waals surface area (Å²) in [6.07, 6.45) is 7.85. The number of anilines is 1. The van der Waals surface area contributed by atoms with Gasteiger partial charge in [-0.15, -0.1) is 0 Å². The molecule has 5 nitrogen and oxygen atoms in total. The van der Waals surface area contributed by atoms with E-state index in [0.717, 1.165) is 11.3 Å². The van der Waals surface area contributed by atoms with Gasteiger partial charge < -0.3 is 9.47 Å². The Hall–Kier alpha value is -3.60. The fourth-order valence-electron chi connectivity index (χ4n) is 4.70. The van der Waals surface area contributed by atoms with Crippen molar-refractivity contribution in [2.24, 2.45) is 5.10 Å². The van der Waals surface area contributed by atoms with E-state index in [4.69, 9.17) is 0 Å². The number of benzene rings is 2. The second kappa shape index (κ2) is 8.50. The maximum absolute atomic E-state index is 12.8. The molecule has 5 heteroatoms. The molecule has 1 aliphatic rings. The second-order valence-electron chi connectivity index (χ2n) is 9.03. The van der Waals surface area contributed by atoms with Crippen LogP contribution in [0.15, 0.2) is 78.2 Å². The molecule has 0 saturated carbocycles. The molecule has 0 fully saturated rings. The van der Waals surface area contributed by atoms with Crippen molar-refractivity contribution in [2.75, 3.05) is 4.90 Å². The average molecular weight is 427 g/mol. The predicted octanol–water partition coefficient (Wildman–Crippen LogP) is 5.65. The number of aromatic nitrogens is 1. The van der Waals surface area contributed by atoms with Gasteiger partial charge in [-0.2, -0.15) is 5.10 Å². The van der Waals surface area contributed by atoms with Gasteiger partial charge in [0.2, 0.25) is 0 Å². The number of hydrogen-bond donors (Lipinski definition) is 1. The number of amides is 1. The van der Waals surface area contributed by atoms with E-state index in [1.165, 1.54) is 16.8 Å². The van der Waals surface area contributed by atoms with Crippen molar-refractivity contribution in [1.29, 1.82) is 0 Å². The van der Waals surface area contributed by atoms with Crippen molar-refractivity contribution >= 4 is 23.4 Å². The van der Waals surface area contributed by atoms with E-state index in [-0.39, 0.29) is 11.4 Å². The van der Waals surface area contributed by atoms with Crippen LogP contribution in [-0.4, -0.2) is 28.3 Å². The quantitative estimate of drug-likeness (QED) is 0.423. The standard InChI is InChI=1S/C27H30N4O/c1-19(2)31-25-13-12-21(16-23(25)20(3)17-27(31,4)5)18-28-29-26(32)22-10-6-7-11-24(22)30-14-8-9-15-30/h6-19H,1-5H3,(H,29,32)/b28-18+. The highest BCUT2D eigenvalue weighted by molar-refractivity contribution is 5.98. The van der Waals surface area contributed by atoms with E-state index in [1.807, 2.05) is 53.4 Å². The number of rotatable bonds is 5. The Balaban J connectivity index is 1.55. The normalized spacial score (nSPS) is 15.1. The Kier molecular flexibility index (Phi) is 5.74. The maximum Gasteiger partial charge on any atom is 0.273 e. The number of carbonyl (C=O) groups excluding carboxylic acids is 1. The lowest BCUT2D eigenvalue weighted by Gasteiger charge is -2.46. The van der Waals surface area contributed by atoms with E-state index in [1.54, 1.807) is 12.3 Å². The lowest BCUT2D eigenvalue weighted by Crippen LogP contribution is -2.49. The largest absolute Gasteiger partial charge is 0.360 e. The van der Waals surface area contributed by atoms with Crippen LogP contribution < -0.4 is 10.3 Å². The Morgan fingerprint density at radius 2 is 1.75 bits per heavy atom. The first kappa shape index (κ1) is 21.6. The summed E-state index contributed by atoms with van der Waals surface area (Å²) >= 11 is 0. The highest BCUT2D eigenvalue weighted by Gasteiger charge is 2.32. The van der Waals surface area contributed by atoms with Crippen molar-refractivity contribution in [2.45, 2.75) is 46.2 Å². The molecule has 0 atom stereocenters. The van der Waals surface area contributed by atoms with Crippen LogP contribution in [0.4, 0.5) is 5.69 Å². The van der Waals surface area contributed by atoms with E-state index in [0.29, 0.717) is 11.6 Å². The van der Waals surface area contributed by atoms with Crippen LogP contribution in [0.5, 0.6) is 0 Å². The minimum absolute atomic E-state index is 0.0397. The molecular formula is C27H30N4O. The first-order valence-corrected chi connectivity index (χ1v) is 11.0.